The minimum absolute atomic E-state index is 0.127. The normalized spacial score (nSPS) is 10.7. The van der Waals surface area contributed by atoms with Crippen LogP contribution in [0, 0.1) is 0 Å². The van der Waals surface area contributed by atoms with E-state index < -0.39 is 0 Å². The van der Waals surface area contributed by atoms with Crippen LogP contribution in [-0.4, -0.2) is 25.2 Å². The Hall–Kier alpha value is -1.06. The Bertz CT molecular complexity index is 309. The summed E-state index contributed by atoms with van der Waals surface area (Å²) in [5.41, 5.74) is 0. The minimum atomic E-state index is -0.127. The molecule has 0 rings (SSSR count). The summed E-state index contributed by atoms with van der Waals surface area (Å²) in [5.74, 6) is -0.254. The third-order valence-electron chi connectivity index (χ3n) is 4.78. The van der Waals surface area contributed by atoms with E-state index in [2.05, 4.69) is 13.8 Å². The van der Waals surface area contributed by atoms with E-state index in [0.717, 1.165) is 25.7 Å². The Balaban J connectivity index is 3.29. The highest BCUT2D eigenvalue weighted by Gasteiger charge is 2.05. The summed E-state index contributed by atoms with van der Waals surface area (Å²) in [6.07, 6.45) is 18.4. The van der Waals surface area contributed by atoms with Gasteiger partial charge < -0.3 is 9.47 Å². The molecule has 0 aromatic carbocycles. The van der Waals surface area contributed by atoms with Crippen LogP contribution in [0.5, 0.6) is 0 Å². The molecule has 0 fully saturated rings. The molecule has 0 saturated heterocycles. The van der Waals surface area contributed by atoms with Gasteiger partial charge in [-0.2, -0.15) is 0 Å². The van der Waals surface area contributed by atoms with E-state index in [1.165, 1.54) is 64.2 Å². The second-order valence-corrected chi connectivity index (χ2v) is 7.54. The maximum atomic E-state index is 11.6. The second kappa shape index (κ2) is 21.2. The van der Waals surface area contributed by atoms with Gasteiger partial charge in [-0.1, -0.05) is 90.9 Å². The highest BCUT2D eigenvalue weighted by atomic mass is 16.5. The van der Waals surface area contributed by atoms with Gasteiger partial charge in [0.2, 0.25) is 0 Å². The lowest BCUT2D eigenvalue weighted by atomic mass is 10.1. The Morgan fingerprint density at radius 2 is 0.815 bits per heavy atom. The monoisotopic (exact) mass is 384 g/mol. The minimum Gasteiger partial charge on any atom is -0.466 e. The fraction of sp³-hybridized carbons (Fsp3) is 0.913. The Morgan fingerprint density at radius 3 is 1.19 bits per heavy atom. The van der Waals surface area contributed by atoms with E-state index in [1.807, 2.05) is 0 Å². The van der Waals surface area contributed by atoms with Gasteiger partial charge in [-0.15, -0.1) is 0 Å². The van der Waals surface area contributed by atoms with E-state index in [0.29, 0.717) is 32.5 Å². The number of hydrogen-bond acceptors (Lipinski definition) is 4. The molecule has 0 unspecified atom stereocenters. The number of esters is 2. The Morgan fingerprint density at radius 1 is 0.481 bits per heavy atom. The van der Waals surface area contributed by atoms with Crippen molar-refractivity contribution in [2.45, 2.75) is 123 Å². The first-order chi connectivity index (χ1) is 13.2. The van der Waals surface area contributed by atoms with Gasteiger partial charge >= 0.3 is 11.9 Å². The molecule has 0 spiro atoms. The van der Waals surface area contributed by atoms with E-state index in [1.54, 1.807) is 0 Å². The zero-order chi connectivity index (χ0) is 20.0. The van der Waals surface area contributed by atoms with Gasteiger partial charge in [0.05, 0.1) is 13.2 Å². The molecule has 0 aliphatic heterocycles. The number of ether oxygens (including phenoxy) is 2. The molecule has 0 aromatic heterocycles. The number of rotatable bonds is 20. The summed E-state index contributed by atoms with van der Waals surface area (Å²) >= 11 is 0. The van der Waals surface area contributed by atoms with E-state index >= 15 is 0 Å². The molecule has 4 heteroatoms. The van der Waals surface area contributed by atoms with Gasteiger partial charge in [0.25, 0.3) is 0 Å². The Kier molecular flexibility index (Phi) is 20.4. The fourth-order valence-corrected chi connectivity index (χ4v) is 3.03. The van der Waals surface area contributed by atoms with E-state index in [4.69, 9.17) is 9.47 Å². The van der Waals surface area contributed by atoms with Crippen LogP contribution in [0.15, 0.2) is 0 Å². The zero-order valence-corrected chi connectivity index (χ0v) is 18.1. The molecular weight excluding hydrogens is 340 g/mol. The van der Waals surface area contributed by atoms with Crippen molar-refractivity contribution in [3.8, 4) is 0 Å². The molecule has 0 N–H and O–H groups in total. The van der Waals surface area contributed by atoms with Crippen molar-refractivity contribution < 1.29 is 19.1 Å². The molecule has 27 heavy (non-hydrogen) atoms. The van der Waals surface area contributed by atoms with Gasteiger partial charge in [0.15, 0.2) is 0 Å². The van der Waals surface area contributed by atoms with Crippen LogP contribution in [0.25, 0.3) is 0 Å². The smallest absolute Gasteiger partial charge is 0.305 e. The molecule has 0 atom stereocenters. The van der Waals surface area contributed by atoms with Gasteiger partial charge in [0, 0.05) is 19.3 Å². The standard InChI is InChI=1S/C23H44O4/c1-3-5-7-9-11-13-15-18-22(24)26-20-17-21-27-23(25)19-16-14-12-10-8-6-4-2/h3-21H2,1-2H3. The molecule has 0 aliphatic carbocycles. The maximum absolute atomic E-state index is 11.6. The van der Waals surface area contributed by atoms with E-state index in [-0.39, 0.29) is 11.9 Å². The van der Waals surface area contributed by atoms with Crippen LogP contribution in [0.1, 0.15) is 123 Å². The lowest BCUT2D eigenvalue weighted by molar-refractivity contribution is -0.146. The summed E-state index contributed by atoms with van der Waals surface area (Å²) < 4.78 is 10.4. The van der Waals surface area contributed by atoms with Crippen LogP contribution in [0.2, 0.25) is 0 Å². The molecule has 0 aliphatic rings. The van der Waals surface area contributed by atoms with Crippen molar-refractivity contribution >= 4 is 11.9 Å². The topological polar surface area (TPSA) is 52.6 Å². The molecule has 0 aromatic rings. The summed E-state index contributed by atoms with van der Waals surface area (Å²) in [7, 11) is 0. The van der Waals surface area contributed by atoms with Crippen LogP contribution >= 0.6 is 0 Å². The predicted molar refractivity (Wildman–Crippen MR) is 112 cm³/mol. The third kappa shape index (κ3) is 21.1. The van der Waals surface area contributed by atoms with Crippen molar-refractivity contribution in [1.82, 2.24) is 0 Å². The van der Waals surface area contributed by atoms with Gasteiger partial charge in [-0.3, -0.25) is 9.59 Å². The highest BCUT2D eigenvalue weighted by Crippen LogP contribution is 2.10. The predicted octanol–water partition coefficient (Wildman–Crippen LogP) is 6.74. The third-order valence-corrected chi connectivity index (χ3v) is 4.78. The average molecular weight is 385 g/mol. The number of carbonyl (C=O) groups excluding carboxylic acids is 2. The van der Waals surface area contributed by atoms with Crippen molar-refractivity contribution in [3.05, 3.63) is 0 Å². The molecule has 0 bridgehead atoms. The van der Waals surface area contributed by atoms with Gasteiger partial charge in [-0.05, 0) is 12.8 Å². The van der Waals surface area contributed by atoms with Crippen molar-refractivity contribution in [2.75, 3.05) is 13.2 Å². The highest BCUT2D eigenvalue weighted by molar-refractivity contribution is 5.69. The SMILES string of the molecule is CCCCCCCCCC(=O)OCCCOC(=O)CCCCCCCCC. The summed E-state index contributed by atoms with van der Waals surface area (Å²) in [6.45, 7) is 5.13. The molecule has 0 saturated carbocycles. The average Bonchev–Trinajstić information content (AvgIpc) is 2.66. The number of carbonyl (C=O) groups is 2. The summed E-state index contributed by atoms with van der Waals surface area (Å²) in [6, 6.07) is 0. The molecule has 4 nitrogen and oxygen atoms in total. The lowest BCUT2D eigenvalue weighted by Gasteiger charge is -2.07. The van der Waals surface area contributed by atoms with Crippen LogP contribution in [-0.2, 0) is 19.1 Å². The molecule has 0 heterocycles. The fourth-order valence-electron chi connectivity index (χ4n) is 3.03. The second-order valence-electron chi connectivity index (χ2n) is 7.54. The quantitative estimate of drug-likeness (QED) is 0.172. The largest absolute Gasteiger partial charge is 0.466 e. The lowest BCUT2D eigenvalue weighted by Crippen LogP contribution is -2.10. The molecule has 160 valence electrons. The van der Waals surface area contributed by atoms with Crippen LogP contribution < -0.4 is 0 Å². The first-order valence-electron chi connectivity index (χ1n) is 11.5. The maximum Gasteiger partial charge on any atom is 0.305 e. The molecule has 0 radical (unpaired) electrons. The number of hydrogen-bond donors (Lipinski definition) is 0. The van der Waals surface area contributed by atoms with Crippen LogP contribution in [0.4, 0.5) is 0 Å². The molecule has 0 amide bonds. The van der Waals surface area contributed by atoms with Gasteiger partial charge in [-0.25, -0.2) is 0 Å². The Labute approximate surface area is 167 Å². The molecular formula is C23H44O4. The number of unbranched alkanes of at least 4 members (excludes halogenated alkanes) is 12. The summed E-state index contributed by atoms with van der Waals surface area (Å²) in [4.78, 5) is 23.2. The summed E-state index contributed by atoms with van der Waals surface area (Å²) in [5, 5.41) is 0. The first-order valence-corrected chi connectivity index (χ1v) is 11.5. The van der Waals surface area contributed by atoms with Crippen molar-refractivity contribution in [3.63, 3.8) is 0 Å². The van der Waals surface area contributed by atoms with Gasteiger partial charge in [0.1, 0.15) is 0 Å². The van der Waals surface area contributed by atoms with Crippen molar-refractivity contribution in [1.29, 1.82) is 0 Å². The van der Waals surface area contributed by atoms with Crippen molar-refractivity contribution in [2.24, 2.45) is 0 Å². The van der Waals surface area contributed by atoms with Crippen LogP contribution in [0.3, 0.4) is 0 Å². The zero-order valence-electron chi connectivity index (χ0n) is 18.1. The van der Waals surface area contributed by atoms with E-state index in [9.17, 15) is 9.59 Å². The first kappa shape index (κ1) is 25.9.